The van der Waals surface area contributed by atoms with E-state index in [4.69, 9.17) is 4.98 Å². The predicted molar refractivity (Wildman–Crippen MR) is 110 cm³/mol. The zero-order valence-electron chi connectivity index (χ0n) is 15.4. The number of aryl methyl sites for hydroxylation is 1. The van der Waals surface area contributed by atoms with Gasteiger partial charge in [-0.15, -0.1) is 0 Å². The van der Waals surface area contributed by atoms with E-state index < -0.39 is 0 Å². The fourth-order valence-electron chi connectivity index (χ4n) is 4.02. The number of piperazine rings is 1. The molecule has 1 fully saturated rings. The van der Waals surface area contributed by atoms with Crippen molar-refractivity contribution in [3.63, 3.8) is 0 Å². The molecule has 1 amide bonds. The first-order valence-electron chi connectivity index (χ1n) is 9.63. The lowest BCUT2D eigenvalue weighted by atomic mass is 10.1. The van der Waals surface area contributed by atoms with Crippen molar-refractivity contribution in [1.29, 1.82) is 0 Å². The summed E-state index contributed by atoms with van der Waals surface area (Å²) in [4.78, 5) is 19.8. The first kappa shape index (κ1) is 17.6. The third-order valence-electron chi connectivity index (χ3n) is 5.51. The van der Waals surface area contributed by atoms with E-state index in [0.717, 1.165) is 65.5 Å². The molecule has 1 aromatic heterocycles. The van der Waals surface area contributed by atoms with Crippen molar-refractivity contribution in [3.8, 4) is 0 Å². The first-order chi connectivity index (χ1) is 13.7. The van der Waals surface area contributed by atoms with E-state index in [0.29, 0.717) is 5.56 Å². The minimum Gasteiger partial charge on any atom is -0.346 e. The van der Waals surface area contributed by atoms with Gasteiger partial charge >= 0.3 is 0 Å². The third kappa shape index (κ3) is 3.25. The summed E-state index contributed by atoms with van der Waals surface area (Å²) < 4.78 is 14.4. The number of rotatable bonds is 3. The average Bonchev–Trinajstić information content (AvgIpc) is 3.32. The van der Waals surface area contributed by atoms with Crippen molar-refractivity contribution in [3.05, 3.63) is 58.9 Å². The Bertz CT molecular complexity index is 1040. The van der Waals surface area contributed by atoms with E-state index in [-0.39, 0.29) is 17.8 Å². The lowest BCUT2D eigenvalue weighted by Gasteiger charge is -2.26. The highest BCUT2D eigenvalue weighted by Crippen LogP contribution is 2.33. The summed E-state index contributed by atoms with van der Waals surface area (Å²) in [6, 6.07) is 10.4. The topological polar surface area (TPSA) is 57.3 Å². The molecule has 144 valence electrons. The SMILES string of the molecule is O=C(NC1CCc2cc(F)ccc21)c1ccc2nc(N3CCNCC3)sc2c1. The van der Waals surface area contributed by atoms with Gasteiger partial charge in [0.1, 0.15) is 5.82 Å². The van der Waals surface area contributed by atoms with E-state index in [1.807, 2.05) is 18.2 Å². The Morgan fingerprint density at radius 3 is 2.93 bits per heavy atom. The van der Waals surface area contributed by atoms with Crippen LogP contribution in [0.4, 0.5) is 9.52 Å². The van der Waals surface area contributed by atoms with E-state index >= 15 is 0 Å². The lowest BCUT2D eigenvalue weighted by molar-refractivity contribution is 0.0937. The standard InChI is InChI=1S/C21H21FN4OS/c22-15-3-4-16-13(11-15)1-5-17(16)24-20(27)14-2-6-18-19(12-14)28-21(25-18)26-9-7-23-8-10-26/h2-4,6,11-12,17,23H,1,5,7-10H2,(H,24,27). The van der Waals surface area contributed by atoms with Crippen molar-refractivity contribution < 1.29 is 9.18 Å². The highest BCUT2D eigenvalue weighted by molar-refractivity contribution is 7.22. The van der Waals surface area contributed by atoms with Gasteiger partial charge in [0.25, 0.3) is 5.91 Å². The van der Waals surface area contributed by atoms with Crippen LogP contribution in [0.1, 0.15) is 33.9 Å². The van der Waals surface area contributed by atoms with Crippen LogP contribution in [0.25, 0.3) is 10.2 Å². The molecule has 1 atom stereocenters. The molecule has 1 aliphatic heterocycles. The fourth-order valence-corrected chi connectivity index (χ4v) is 5.08. The van der Waals surface area contributed by atoms with Gasteiger partial charge in [0.2, 0.25) is 0 Å². The Kier molecular flexibility index (Phi) is 4.49. The molecule has 28 heavy (non-hydrogen) atoms. The van der Waals surface area contributed by atoms with Crippen LogP contribution in [0.5, 0.6) is 0 Å². The maximum Gasteiger partial charge on any atom is 0.251 e. The molecule has 0 radical (unpaired) electrons. The van der Waals surface area contributed by atoms with E-state index in [2.05, 4.69) is 15.5 Å². The minimum atomic E-state index is -0.221. The number of thiazole rings is 1. The summed E-state index contributed by atoms with van der Waals surface area (Å²) in [5, 5.41) is 7.47. The molecule has 7 heteroatoms. The summed E-state index contributed by atoms with van der Waals surface area (Å²) in [6.07, 6.45) is 1.60. The molecule has 5 rings (SSSR count). The number of benzene rings is 2. The van der Waals surface area contributed by atoms with Gasteiger partial charge in [-0.1, -0.05) is 17.4 Å². The largest absolute Gasteiger partial charge is 0.346 e. The van der Waals surface area contributed by atoms with Crippen LogP contribution in [0.3, 0.4) is 0 Å². The fraction of sp³-hybridized carbons (Fsp3) is 0.333. The summed E-state index contributed by atoms with van der Waals surface area (Å²) in [7, 11) is 0. The molecule has 0 saturated carbocycles. The van der Waals surface area contributed by atoms with Crippen molar-refractivity contribution in [2.24, 2.45) is 0 Å². The average molecular weight is 396 g/mol. The molecular weight excluding hydrogens is 375 g/mol. The monoisotopic (exact) mass is 396 g/mol. The van der Waals surface area contributed by atoms with Crippen LogP contribution in [0.15, 0.2) is 36.4 Å². The van der Waals surface area contributed by atoms with Crippen molar-refractivity contribution in [2.75, 3.05) is 31.1 Å². The molecule has 0 bridgehead atoms. The van der Waals surface area contributed by atoms with Crippen LogP contribution in [0, 0.1) is 5.82 Å². The number of hydrogen-bond acceptors (Lipinski definition) is 5. The highest BCUT2D eigenvalue weighted by Gasteiger charge is 2.25. The summed E-state index contributed by atoms with van der Waals surface area (Å²) in [6.45, 7) is 3.84. The number of nitrogens with zero attached hydrogens (tertiary/aromatic N) is 2. The minimum absolute atomic E-state index is 0.0586. The highest BCUT2D eigenvalue weighted by atomic mass is 32.1. The normalized spacial score (nSPS) is 19.0. The quantitative estimate of drug-likeness (QED) is 0.714. The molecule has 1 aliphatic carbocycles. The van der Waals surface area contributed by atoms with Crippen molar-refractivity contribution in [1.82, 2.24) is 15.6 Å². The smallest absolute Gasteiger partial charge is 0.251 e. The number of anilines is 1. The number of hydrogen-bond donors (Lipinski definition) is 2. The number of halogens is 1. The zero-order valence-corrected chi connectivity index (χ0v) is 16.2. The van der Waals surface area contributed by atoms with Crippen molar-refractivity contribution in [2.45, 2.75) is 18.9 Å². The van der Waals surface area contributed by atoms with Gasteiger partial charge < -0.3 is 15.5 Å². The second-order valence-corrected chi connectivity index (χ2v) is 8.33. The van der Waals surface area contributed by atoms with Crippen LogP contribution in [-0.2, 0) is 6.42 Å². The Balaban J connectivity index is 1.35. The number of carbonyl (C=O) groups excluding carboxylic acids is 1. The van der Waals surface area contributed by atoms with Gasteiger partial charge in [-0.3, -0.25) is 4.79 Å². The van der Waals surface area contributed by atoms with E-state index in [1.165, 1.54) is 6.07 Å². The molecule has 5 nitrogen and oxygen atoms in total. The molecule has 0 spiro atoms. The van der Waals surface area contributed by atoms with Gasteiger partial charge in [0, 0.05) is 31.7 Å². The van der Waals surface area contributed by atoms with E-state index in [9.17, 15) is 9.18 Å². The lowest BCUT2D eigenvalue weighted by Crippen LogP contribution is -2.43. The number of aromatic nitrogens is 1. The predicted octanol–water partition coefficient (Wildman–Crippen LogP) is 3.26. The molecule has 2 heterocycles. The Hall–Kier alpha value is -2.51. The summed E-state index contributed by atoms with van der Waals surface area (Å²) in [5.74, 6) is -0.317. The maximum atomic E-state index is 13.4. The third-order valence-corrected chi connectivity index (χ3v) is 6.59. The van der Waals surface area contributed by atoms with Crippen LogP contribution in [-0.4, -0.2) is 37.1 Å². The van der Waals surface area contributed by atoms with Crippen LogP contribution >= 0.6 is 11.3 Å². The molecule has 1 saturated heterocycles. The van der Waals surface area contributed by atoms with Crippen molar-refractivity contribution >= 4 is 32.6 Å². The number of amides is 1. The Labute approximate surface area is 166 Å². The van der Waals surface area contributed by atoms with Gasteiger partial charge in [-0.2, -0.15) is 0 Å². The number of nitrogens with one attached hydrogen (secondary N) is 2. The van der Waals surface area contributed by atoms with E-state index in [1.54, 1.807) is 23.5 Å². The summed E-state index contributed by atoms with van der Waals surface area (Å²) in [5.41, 5.74) is 3.58. The Morgan fingerprint density at radius 1 is 1.21 bits per heavy atom. The summed E-state index contributed by atoms with van der Waals surface area (Å²) >= 11 is 1.63. The van der Waals surface area contributed by atoms with Gasteiger partial charge in [0.05, 0.1) is 16.3 Å². The first-order valence-corrected chi connectivity index (χ1v) is 10.4. The van der Waals surface area contributed by atoms with Gasteiger partial charge in [0.15, 0.2) is 5.13 Å². The molecule has 1 unspecified atom stereocenters. The molecule has 2 N–H and O–H groups in total. The molecule has 2 aromatic carbocycles. The molecule has 3 aromatic rings. The second-order valence-electron chi connectivity index (χ2n) is 7.32. The van der Waals surface area contributed by atoms with Crippen LogP contribution < -0.4 is 15.5 Å². The second kappa shape index (κ2) is 7.14. The number of carbonyl (C=O) groups is 1. The Morgan fingerprint density at radius 2 is 2.07 bits per heavy atom. The van der Waals surface area contributed by atoms with Gasteiger partial charge in [-0.05, 0) is 54.3 Å². The zero-order chi connectivity index (χ0) is 19.1. The number of fused-ring (bicyclic) bond motifs is 2. The van der Waals surface area contributed by atoms with Crippen LogP contribution in [0.2, 0.25) is 0 Å². The molecule has 2 aliphatic rings. The maximum absolute atomic E-state index is 13.4. The molecular formula is C21H21FN4OS. The van der Waals surface area contributed by atoms with Gasteiger partial charge in [-0.25, -0.2) is 9.37 Å².